The van der Waals surface area contributed by atoms with Crippen LogP contribution in [0.5, 0.6) is 5.75 Å². The second-order valence-electron chi connectivity index (χ2n) is 4.99. The van der Waals surface area contributed by atoms with Gasteiger partial charge in [-0.15, -0.1) is 0 Å². The molecule has 4 nitrogen and oxygen atoms in total. The number of hydrogen-bond donors (Lipinski definition) is 0. The zero-order valence-electron chi connectivity index (χ0n) is 11.8. The highest BCUT2D eigenvalue weighted by molar-refractivity contribution is 5.86. The monoisotopic (exact) mass is 292 g/mol. The SMILES string of the molecule is COc1ccc2c(=O)c(-c3cc4ccccc4o3)coc2c1. The highest BCUT2D eigenvalue weighted by atomic mass is 16.5. The molecular formula is C18H12O4. The molecule has 0 amide bonds. The van der Waals surface area contributed by atoms with Gasteiger partial charge < -0.3 is 13.6 Å². The van der Waals surface area contributed by atoms with E-state index in [1.807, 2.05) is 30.3 Å². The van der Waals surface area contributed by atoms with Gasteiger partial charge in [0.15, 0.2) is 0 Å². The largest absolute Gasteiger partial charge is 0.497 e. The van der Waals surface area contributed by atoms with Crippen molar-refractivity contribution in [3.8, 4) is 17.1 Å². The lowest BCUT2D eigenvalue weighted by Gasteiger charge is -2.02. The van der Waals surface area contributed by atoms with Crippen molar-refractivity contribution in [3.05, 3.63) is 65.0 Å². The Kier molecular flexibility index (Phi) is 2.76. The molecule has 0 bridgehead atoms. The Morgan fingerprint density at radius 3 is 2.68 bits per heavy atom. The second-order valence-corrected chi connectivity index (χ2v) is 4.99. The maximum Gasteiger partial charge on any atom is 0.203 e. The van der Waals surface area contributed by atoms with Crippen LogP contribution < -0.4 is 10.2 Å². The molecule has 4 aromatic rings. The van der Waals surface area contributed by atoms with Crippen molar-refractivity contribution in [2.75, 3.05) is 7.11 Å². The zero-order chi connectivity index (χ0) is 15.1. The molecular weight excluding hydrogens is 280 g/mol. The predicted molar refractivity (Wildman–Crippen MR) is 84.2 cm³/mol. The van der Waals surface area contributed by atoms with Crippen molar-refractivity contribution in [2.24, 2.45) is 0 Å². The molecule has 4 rings (SSSR count). The number of benzene rings is 2. The fourth-order valence-electron chi connectivity index (χ4n) is 2.52. The van der Waals surface area contributed by atoms with Gasteiger partial charge in [-0.2, -0.15) is 0 Å². The quantitative estimate of drug-likeness (QED) is 0.555. The summed E-state index contributed by atoms with van der Waals surface area (Å²) < 4.78 is 16.5. The van der Waals surface area contributed by atoms with E-state index in [9.17, 15) is 4.79 Å². The maximum atomic E-state index is 12.6. The van der Waals surface area contributed by atoms with Gasteiger partial charge in [0.05, 0.1) is 12.5 Å². The van der Waals surface area contributed by atoms with E-state index in [1.54, 1.807) is 25.3 Å². The Bertz CT molecular complexity index is 1010. The van der Waals surface area contributed by atoms with Crippen LogP contribution in [-0.2, 0) is 0 Å². The first kappa shape index (κ1) is 12.7. The Hall–Kier alpha value is -3.01. The molecule has 0 saturated carbocycles. The van der Waals surface area contributed by atoms with Crippen LogP contribution in [0.4, 0.5) is 0 Å². The number of rotatable bonds is 2. The van der Waals surface area contributed by atoms with Gasteiger partial charge in [0.2, 0.25) is 5.43 Å². The van der Waals surface area contributed by atoms with Crippen LogP contribution in [0.15, 0.2) is 68.4 Å². The molecule has 108 valence electrons. The van der Waals surface area contributed by atoms with Gasteiger partial charge in [0.1, 0.15) is 34.5 Å². The normalized spacial score (nSPS) is 11.1. The van der Waals surface area contributed by atoms with E-state index in [4.69, 9.17) is 13.6 Å². The first-order valence-electron chi connectivity index (χ1n) is 6.85. The molecule has 0 aliphatic rings. The maximum absolute atomic E-state index is 12.6. The lowest BCUT2D eigenvalue weighted by Crippen LogP contribution is -2.04. The summed E-state index contributed by atoms with van der Waals surface area (Å²) in [5, 5.41) is 1.45. The standard InChI is InChI=1S/C18H12O4/c1-20-12-6-7-13-16(9-12)21-10-14(18(13)19)17-8-11-4-2-3-5-15(11)22-17/h2-10H,1H3. The minimum atomic E-state index is -0.122. The van der Waals surface area contributed by atoms with E-state index < -0.39 is 0 Å². The second kappa shape index (κ2) is 4.77. The summed E-state index contributed by atoms with van der Waals surface area (Å²) in [4.78, 5) is 12.6. The van der Waals surface area contributed by atoms with Crippen molar-refractivity contribution < 1.29 is 13.6 Å². The Morgan fingerprint density at radius 1 is 1.00 bits per heavy atom. The molecule has 22 heavy (non-hydrogen) atoms. The topological polar surface area (TPSA) is 52.6 Å². The van der Waals surface area contributed by atoms with Crippen molar-refractivity contribution in [1.82, 2.24) is 0 Å². The molecule has 2 aromatic carbocycles. The smallest absolute Gasteiger partial charge is 0.203 e. The molecule has 0 fully saturated rings. The summed E-state index contributed by atoms with van der Waals surface area (Å²) in [6, 6.07) is 14.6. The summed E-state index contributed by atoms with van der Waals surface area (Å²) >= 11 is 0. The van der Waals surface area contributed by atoms with Crippen molar-refractivity contribution in [1.29, 1.82) is 0 Å². The fourth-order valence-corrected chi connectivity index (χ4v) is 2.52. The molecule has 0 atom stereocenters. The van der Waals surface area contributed by atoms with Gasteiger partial charge in [0, 0.05) is 11.5 Å². The molecule has 0 N–H and O–H groups in total. The molecule has 2 heterocycles. The summed E-state index contributed by atoms with van der Waals surface area (Å²) in [6.45, 7) is 0. The number of fused-ring (bicyclic) bond motifs is 2. The van der Waals surface area contributed by atoms with Gasteiger partial charge in [0.25, 0.3) is 0 Å². The van der Waals surface area contributed by atoms with Crippen LogP contribution in [-0.4, -0.2) is 7.11 Å². The van der Waals surface area contributed by atoms with Crippen LogP contribution in [0.3, 0.4) is 0 Å². The van der Waals surface area contributed by atoms with E-state index in [2.05, 4.69) is 0 Å². The van der Waals surface area contributed by atoms with Gasteiger partial charge in [-0.05, 0) is 24.3 Å². The molecule has 0 spiro atoms. The minimum absolute atomic E-state index is 0.122. The Labute approximate surface area is 125 Å². The van der Waals surface area contributed by atoms with E-state index in [0.717, 1.165) is 11.0 Å². The van der Waals surface area contributed by atoms with Gasteiger partial charge in [-0.1, -0.05) is 18.2 Å². The van der Waals surface area contributed by atoms with Gasteiger partial charge in [-0.25, -0.2) is 0 Å². The van der Waals surface area contributed by atoms with Crippen molar-refractivity contribution >= 4 is 21.9 Å². The Balaban J connectivity index is 1.95. The zero-order valence-corrected chi connectivity index (χ0v) is 11.8. The minimum Gasteiger partial charge on any atom is -0.497 e. The average Bonchev–Trinajstić information content (AvgIpc) is 2.98. The molecule has 2 aromatic heterocycles. The van der Waals surface area contributed by atoms with Crippen LogP contribution in [0.1, 0.15) is 0 Å². The number of para-hydroxylation sites is 1. The first-order chi connectivity index (χ1) is 10.8. The molecule has 0 saturated heterocycles. The number of methoxy groups -OCH3 is 1. The predicted octanol–water partition coefficient (Wildman–Crippen LogP) is 4.21. The number of ether oxygens (including phenoxy) is 1. The average molecular weight is 292 g/mol. The van der Waals surface area contributed by atoms with E-state index in [1.165, 1.54) is 6.26 Å². The summed E-state index contributed by atoms with van der Waals surface area (Å²) in [5.74, 6) is 1.15. The lowest BCUT2D eigenvalue weighted by atomic mass is 10.1. The third-order valence-electron chi connectivity index (χ3n) is 3.67. The molecule has 0 radical (unpaired) electrons. The third kappa shape index (κ3) is 1.89. The summed E-state index contributed by atoms with van der Waals surface area (Å²) in [6.07, 6.45) is 1.43. The lowest BCUT2D eigenvalue weighted by molar-refractivity contribution is 0.414. The van der Waals surface area contributed by atoms with Crippen LogP contribution >= 0.6 is 0 Å². The molecule has 0 unspecified atom stereocenters. The molecule has 0 aliphatic carbocycles. The van der Waals surface area contributed by atoms with Gasteiger partial charge in [-0.3, -0.25) is 4.79 Å². The molecule has 4 heteroatoms. The van der Waals surface area contributed by atoms with E-state index >= 15 is 0 Å². The number of furan rings is 1. The van der Waals surface area contributed by atoms with E-state index in [-0.39, 0.29) is 5.43 Å². The van der Waals surface area contributed by atoms with Crippen molar-refractivity contribution in [3.63, 3.8) is 0 Å². The Morgan fingerprint density at radius 2 is 1.86 bits per heavy atom. The molecule has 0 aliphatic heterocycles. The highest BCUT2D eigenvalue weighted by Crippen LogP contribution is 2.27. The summed E-state index contributed by atoms with van der Waals surface area (Å²) in [7, 11) is 1.57. The van der Waals surface area contributed by atoms with Crippen LogP contribution in [0.2, 0.25) is 0 Å². The van der Waals surface area contributed by atoms with Crippen LogP contribution in [0.25, 0.3) is 33.3 Å². The van der Waals surface area contributed by atoms with Crippen LogP contribution in [0, 0.1) is 0 Å². The fraction of sp³-hybridized carbons (Fsp3) is 0.0556. The highest BCUT2D eigenvalue weighted by Gasteiger charge is 2.13. The summed E-state index contributed by atoms with van der Waals surface area (Å²) in [5.41, 5.74) is 1.52. The number of hydrogen-bond acceptors (Lipinski definition) is 4. The van der Waals surface area contributed by atoms with Crippen molar-refractivity contribution in [2.45, 2.75) is 0 Å². The van der Waals surface area contributed by atoms with Gasteiger partial charge >= 0.3 is 0 Å². The first-order valence-corrected chi connectivity index (χ1v) is 6.85. The van der Waals surface area contributed by atoms with E-state index in [0.29, 0.717) is 28.0 Å². The third-order valence-corrected chi connectivity index (χ3v) is 3.67.